The van der Waals surface area contributed by atoms with Gasteiger partial charge in [-0.3, -0.25) is 4.79 Å². The maximum absolute atomic E-state index is 11.7. The number of likely N-dealkylation sites (tertiary alicyclic amines) is 1. The van der Waals surface area contributed by atoms with Crippen molar-refractivity contribution >= 4 is 5.91 Å². The summed E-state index contributed by atoms with van der Waals surface area (Å²) in [6.45, 7) is 1.69. The van der Waals surface area contributed by atoms with Crippen LogP contribution in [0.4, 0.5) is 0 Å². The van der Waals surface area contributed by atoms with Crippen molar-refractivity contribution < 1.29 is 4.79 Å². The van der Waals surface area contributed by atoms with Gasteiger partial charge in [-0.2, -0.15) is 5.26 Å². The molecule has 0 aliphatic carbocycles. The monoisotopic (exact) mass is 179 g/mol. The van der Waals surface area contributed by atoms with E-state index in [0.29, 0.717) is 0 Å². The van der Waals surface area contributed by atoms with Gasteiger partial charge in [0.1, 0.15) is 6.04 Å². The number of nitriles is 1. The molecule has 2 aliphatic heterocycles. The molecule has 0 bridgehead atoms. The van der Waals surface area contributed by atoms with E-state index in [4.69, 9.17) is 5.26 Å². The van der Waals surface area contributed by atoms with Crippen LogP contribution in [-0.2, 0) is 4.79 Å². The van der Waals surface area contributed by atoms with Crippen LogP contribution in [0.2, 0.25) is 0 Å². The molecule has 0 spiro atoms. The molecule has 2 fully saturated rings. The second-order valence-corrected chi connectivity index (χ2v) is 3.61. The van der Waals surface area contributed by atoms with Crippen molar-refractivity contribution in [2.24, 2.45) is 0 Å². The van der Waals surface area contributed by atoms with Gasteiger partial charge in [-0.25, -0.2) is 0 Å². The van der Waals surface area contributed by atoms with Crippen LogP contribution in [0.5, 0.6) is 0 Å². The van der Waals surface area contributed by atoms with E-state index in [1.807, 2.05) is 0 Å². The number of amides is 1. The molecule has 2 atom stereocenters. The fraction of sp³-hybridized carbons (Fsp3) is 0.778. The minimum absolute atomic E-state index is 0.0175. The summed E-state index contributed by atoms with van der Waals surface area (Å²) in [5, 5.41) is 11.8. The lowest BCUT2D eigenvalue weighted by Crippen LogP contribution is -2.55. The van der Waals surface area contributed by atoms with Crippen LogP contribution in [0.25, 0.3) is 0 Å². The van der Waals surface area contributed by atoms with Crippen molar-refractivity contribution in [1.82, 2.24) is 10.2 Å². The number of carbonyl (C=O) groups excluding carboxylic acids is 1. The first-order chi connectivity index (χ1) is 6.33. The predicted octanol–water partition coefficient (Wildman–Crippen LogP) is -0.137. The molecule has 13 heavy (non-hydrogen) atoms. The van der Waals surface area contributed by atoms with Crippen LogP contribution in [0, 0.1) is 11.3 Å². The van der Waals surface area contributed by atoms with E-state index in [2.05, 4.69) is 11.4 Å². The van der Waals surface area contributed by atoms with E-state index >= 15 is 0 Å². The first-order valence-electron chi connectivity index (χ1n) is 4.76. The van der Waals surface area contributed by atoms with Gasteiger partial charge in [0.15, 0.2) is 0 Å². The molecule has 0 aromatic carbocycles. The van der Waals surface area contributed by atoms with E-state index < -0.39 is 0 Å². The van der Waals surface area contributed by atoms with E-state index in [-0.39, 0.29) is 18.0 Å². The van der Waals surface area contributed by atoms with Crippen LogP contribution in [0.15, 0.2) is 0 Å². The molecule has 2 heterocycles. The molecule has 0 radical (unpaired) electrons. The van der Waals surface area contributed by atoms with Crippen molar-refractivity contribution in [3.8, 4) is 6.07 Å². The van der Waals surface area contributed by atoms with Gasteiger partial charge in [-0.1, -0.05) is 0 Å². The third-order valence-electron chi connectivity index (χ3n) is 2.81. The Bertz CT molecular complexity index is 252. The number of nitrogens with zero attached hydrogens (tertiary/aromatic N) is 2. The highest BCUT2D eigenvalue weighted by atomic mass is 16.2. The molecule has 0 unspecified atom stereocenters. The van der Waals surface area contributed by atoms with Gasteiger partial charge >= 0.3 is 0 Å². The lowest BCUT2D eigenvalue weighted by molar-refractivity contribution is -0.138. The summed E-state index contributed by atoms with van der Waals surface area (Å²) >= 11 is 0. The fourth-order valence-electron chi connectivity index (χ4n) is 1.88. The van der Waals surface area contributed by atoms with Crippen molar-refractivity contribution in [2.45, 2.75) is 31.3 Å². The third kappa shape index (κ3) is 1.40. The topological polar surface area (TPSA) is 56.1 Å². The van der Waals surface area contributed by atoms with Crippen molar-refractivity contribution in [3.05, 3.63) is 0 Å². The highest BCUT2D eigenvalue weighted by Gasteiger charge is 2.36. The molecule has 2 rings (SSSR count). The van der Waals surface area contributed by atoms with Crippen molar-refractivity contribution in [1.29, 1.82) is 5.26 Å². The number of hydrogen-bond acceptors (Lipinski definition) is 3. The predicted molar refractivity (Wildman–Crippen MR) is 46.8 cm³/mol. The average molecular weight is 179 g/mol. The molecule has 2 aliphatic rings. The number of nitrogens with one attached hydrogen (secondary N) is 1. The molecular weight excluding hydrogens is 166 g/mol. The van der Waals surface area contributed by atoms with E-state index in [9.17, 15) is 4.79 Å². The normalized spacial score (nSPS) is 32.4. The van der Waals surface area contributed by atoms with E-state index in [0.717, 1.165) is 32.4 Å². The SMILES string of the molecule is N#C[C@@H]1CCN1C(=O)[C@@H]1CCCN1. The quantitative estimate of drug-likeness (QED) is 0.609. The Morgan fingerprint density at radius 3 is 2.85 bits per heavy atom. The average Bonchev–Trinajstić information content (AvgIpc) is 2.54. The second-order valence-electron chi connectivity index (χ2n) is 3.61. The van der Waals surface area contributed by atoms with Gasteiger partial charge in [0.25, 0.3) is 0 Å². The van der Waals surface area contributed by atoms with Crippen molar-refractivity contribution in [3.63, 3.8) is 0 Å². The Hall–Kier alpha value is -1.08. The van der Waals surface area contributed by atoms with Crippen molar-refractivity contribution in [2.75, 3.05) is 13.1 Å². The molecule has 4 heteroatoms. The molecule has 70 valence electrons. The van der Waals surface area contributed by atoms with Crippen LogP contribution < -0.4 is 5.32 Å². The van der Waals surface area contributed by atoms with Gasteiger partial charge in [0.05, 0.1) is 12.1 Å². The highest BCUT2D eigenvalue weighted by molar-refractivity contribution is 5.83. The van der Waals surface area contributed by atoms with Gasteiger partial charge in [0, 0.05) is 6.54 Å². The Balaban J connectivity index is 1.93. The maximum Gasteiger partial charge on any atom is 0.240 e. The summed E-state index contributed by atoms with van der Waals surface area (Å²) in [7, 11) is 0. The molecule has 2 saturated heterocycles. The number of hydrogen-bond donors (Lipinski definition) is 1. The molecule has 0 saturated carbocycles. The smallest absolute Gasteiger partial charge is 0.240 e. The largest absolute Gasteiger partial charge is 0.325 e. The Morgan fingerprint density at radius 2 is 2.38 bits per heavy atom. The first kappa shape index (κ1) is 8.52. The zero-order chi connectivity index (χ0) is 9.26. The molecule has 1 amide bonds. The lowest BCUT2D eigenvalue weighted by atomic mass is 10.0. The Labute approximate surface area is 77.5 Å². The van der Waals surface area contributed by atoms with Gasteiger partial charge in [-0.05, 0) is 25.8 Å². The van der Waals surface area contributed by atoms with Crippen LogP contribution in [0.1, 0.15) is 19.3 Å². The fourth-order valence-corrected chi connectivity index (χ4v) is 1.88. The van der Waals surface area contributed by atoms with E-state index in [1.54, 1.807) is 4.90 Å². The van der Waals surface area contributed by atoms with Gasteiger partial charge < -0.3 is 10.2 Å². The summed E-state index contributed by atoms with van der Waals surface area (Å²) in [5.74, 6) is 0.121. The summed E-state index contributed by atoms with van der Waals surface area (Å²) < 4.78 is 0. The van der Waals surface area contributed by atoms with E-state index in [1.165, 1.54) is 0 Å². The summed E-state index contributed by atoms with van der Waals surface area (Å²) in [5.41, 5.74) is 0. The zero-order valence-corrected chi connectivity index (χ0v) is 7.49. The lowest BCUT2D eigenvalue weighted by Gasteiger charge is -2.37. The Kier molecular flexibility index (Phi) is 2.19. The van der Waals surface area contributed by atoms with Crippen LogP contribution in [0.3, 0.4) is 0 Å². The summed E-state index contributed by atoms with van der Waals surface area (Å²) in [4.78, 5) is 13.4. The molecular formula is C9H13N3O. The van der Waals surface area contributed by atoms with Gasteiger partial charge in [-0.15, -0.1) is 0 Å². The van der Waals surface area contributed by atoms with Crippen LogP contribution in [-0.4, -0.2) is 36.0 Å². The minimum Gasteiger partial charge on any atom is -0.325 e. The molecule has 0 aromatic rings. The molecule has 4 nitrogen and oxygen atoms in total. The standard InChI is InChI=1S/C9H13N3O/c10-6-7-3-5-12(7)9(13)8-2-1-4-11-8/h7-8,11H,1-5H2/t7-,8-/m0/s1. The number of carbonyl (C=O) groups is 1. The highest BCUT2D eigenvalue weighted by Crippen LogP contribution is 2.19. The third-order valence-corrected chi connectivity index (χ3v) is 2.81. The summed E-state index contributed by atoms with van der Waals surface area (Å²) in [6, 6.07) is 1.96. The maximum atomic E-state index is 11.7. The first-order valence-corrected chi connectivity index (χ1v) is 4.76. The Morgan fingerprint density at radius 1 is 1.54 bits per heavy atom. The summed E-state index contributed by atoms with van der Waals surface area (Å²) in [6.07, 6.45) is 2.84. The molecule has 0 aromatic heterocycles. The zero-order valence-electron chi connectivity index (χ0n) is 7.49. The second kappa shape index (κ2) is 3.35. The number of rotatable bonds is 1. The minimum atomic E-state index is -0.157. The van der Waals surface area contributed by atoms with Gasteiger partial charge in [0.2, 0.25) is 5.91 Å². The van der Waals surface area contributed by atoms with Crippen LogP contribution >= 0.6 is 0 Å². The molecule has 1 N–H and O–H groups in total.